The van der Waals surface area contributed by atoms with Gasteiger partial charge in [0.2, 0.25) is 5.43 Å². The van der Waals surface area contributed by atoms with Crippen molar-refractivity contribution in [1.29, 1.82) is 0 Å². The molecule has 148 valence electrons. The smallest absolute Gasteiger partial charge is 0.341 e. The van der Waals surface area contributed by atoms with Gasteiger partial charge >= 0.3 is 5.97 Å². The van der Waals surface area contributed by atoms with Gasteiger partial charge in [-0.1, -0.05) is 17.7 Å². The highest BCUT2D eigenvalue weighted by Gasteiger charge is 2.29. The molecule has 30 heavy (non-hydrogen) atoms. The molecular formula is C21H12ClFN4O3. The van der Waals surface area contributed by atoms with Crippen molar-refractivity contribution in [3.63, 3.8) is 0 Å². The Kier molecular flexibility index (Phi) is 3.39. The first kappa shape index (κ1) is 17.5. The van der Waals surface area contributed by atoms with Gasteiger partial charge in [0.25, 0.3) is 0 Å². The topological polar surface area (TPSA) is 97.4 Å². The van der Waals surface area contributed by atoms with E-state index >= 15 is 4.39 Å². The number of carboxylic acids is 1. The summed E-state index contributed by atoms with van der Waals surface area (Å²) in [6.45, 7) is 0. The molecule has 0 atom stereocenters. The second-order valence-corrected chi connectivity index (χ2v) is 7.96. The minimum absolute atomic E-state index is 0.0211. The molecule has 1 aliphatic heterocycles. The maximum Gasteiger partial charge on any atom is 0.341 e. The molecule has 0 radical (unpaired) electrons. The molecule has 0 bridgehead atoms. The highest BCUT2D eigenvalue weighted by Crippen LogP contribution is 2.38. The zero-order chi connectivity index (χ0) is 20.7. The van der Waals surface area contributed by atoms with Gasteiger partial charge in [0.1, 0.15) is 21.9 Å². The number of hydrogen-bond acceptors (Lipinski definition) is 5. The summed E-state index contributed by atoms with van der Waals surface area (Å²) in [5.41, 5.74) is 1.13. The average molecular weight is 423 g/mol. The highest BCUT2D eigenvalue weighted by molar-refractivity contribution is 6.32. The summed E-state index contributed by atoms with van der Waals surface area (Å²) < 4.78 is 16.8. The highest BCUT2D eigenvalue weighted by atomic mass is 35.5. The second kappa shape index (κ2) is 5.82. The number of carboxylic acid groups (broad SMARTS) is 1. The molecule has 0 spiro atoms. The molecule has 3 aliphatic rings. The minimum Gasteiger partial charge on any atom is -0.477 e. The van der Waals surface area contributed by atoms with Gasteiger partial charge in [-0.3, -0.25) is 4.79 Å². The Hall–Kier alpha value is -3.39. The van der Waals surface area contributed by atoms with E-state index in [1.165, 1.54) is 6.20 Å². The van der Waals surface area contributed by atoms with Crippen LogP contribution in [0.15, 0.2) is 44.9 Å². The number of benzene rings is 1. The van der Waals surface area contributed by atoms with E-state index in [4.69, 9.17) is 11.6 Å². The summed E-state index contributed by atoms with van der Waals surface area (Å²) in [6.07, 6.45) is 7.20. The van der Waals surface area contributed by atoms with Crippen molar-refractivity contribution in [2.45, 2.75) is 25.3 Å². The number of aromatic carboxylic acids is 1. The van der Waals surface area contributed by atoms with Crippen LogP contribution in [0.2, 0.25) is 0 Å². The molecule has 3 heterocycles. The molecule has 3 aromatic rings. The molecule has 1 saturated carbocycles. The van der Waals surface area contributed by atoms with Crippen LogP contribution in [-0.2, 0) is 0 Å². The number of hydrogen-bond donors (Lipinski definition) is 1. The lowest BCUT2D eigenvalue weighted by Crippen LogP contribution is -2.31. The van der Waals surface area contributed by atoms with E-state index in [0.29, 0.717) is 33.5 Å². The first-order valence-corrected chi connectivity index (χ1v) is 9.79. The van der Waals surface area contributed by atoms with Crippen molar-refractivity contribution in [3.05, 3.63) is 67.6 Å². The maximum absolute atomic E-state index is 15.1. The van der Waals surface area contributed by atoms with Crippen LogP contribution in [0, 0.1) is 5.82 Å². The molecule has 2 aromatic heterocycles. The average Bonchev–Trinajstić information content (AvgIpc) is 3.49. The number of nitrogens with zero attached hydrogens (tertiary/aromatic N) is 4. The van der Waals surface area contributed by atoms with Crippen LogP contribution in [0.25, 0.3) is 27.5 Å². The summed E-state index contributed by atoms with van der Waals surface area (Å²) in [6, 6.07) is 1.10. The minimum atomic E-state index is -1.35. The zero-order valence-electron chi connectivity index (χ0n) is 15.3. The van der Waals surface area contributed by atoms with E-state index in [2.05, 4.69) is 15.0 Å². The van der Waals surface area contributed by atoms with Crippen LogP contribution in [0.3, 0.4) is 0 Å². The van der Waals surface area contributed by atoms with Crippen LogP contribution in [0.1, 0.15) is 35.7 Å². The van der Waals surface area contributed by atoms with Crippen LogP contribution < -0.4 is 16.3 Å². The fourth-order valence-electron chi connectivity index (χ4n) is 4.10. The van der Waals surface area contributed by atoms with Crippen molar-refractivity contribution < 1.29 is 14.3 Å². The van der Waals surface area contributed by atoms with Gasteiger partial charge in [-0.25, -0.2) is 24.1 Å². The first-order valence-electron chi connectivity index (χ1n) is 9.41. The quantitative estimate of drug-likeness (QED) is 0.639. The monoisotopic (exact) mass is 422 g/mol. The molecule has 0 amide bonds. The Labute approximate surface area is 172 Å². The third kappa shape index (κ3) is 2.28. The van der Waals surface area contributed by atoms with Crippen LogP contribution in [-0.4, -0.2) is 25.6 Å². The lowest BCUT2D eigenvalue weighted by molar-refractivity contribution is 0.0695. The summed E-state index contributed by atoms with van der Waals surface area (Å²) >= 11 is 6.26. The summed E-state index contributed by atoms with van der Waals surface area (Å²) in [7, 11) is 0. The Balaban J connectivity index is 1.82. The summed E-state index contributed by atoms with van der Waals surface area (Å²) in [5.74, 6) is -2.08. The maximum atomic E-state index is 15.1. The summed E-state index contributed by atoms with van der Waals surface area (Å²) in [4.78, 5) is 37.9. The van der Waals surface area contributed by atoms with E-state index < -0.39 is 22.8 Å². The Bertz CT molecular complexity index is 1600. The molecule has 2 aliphatic carbocycles. The third-order valence-electron chi connectivity index (χ3n) is 5.64. The van der Waals surface area contributed by atoms with Crippen molar-refractivity contribution >= 4 is 45.1 Å². The van der Waals surface area contributed by atoms with E-state index in [-0.39, 0.29) is 22.5 Å². The Morgan fingerprint density at radius 1 is 1.27 bits per heavy atom. The molecule has 1 fully saturated rings. The van der Waals surface area contributed by atoms with Crippen LogP contribution in [0.4, 0.5) is 4.39 Å². The second-order valence-electron chi connectivity index (χ2n) is 7.56. The van der Waals surface area contributed by atoms with Crippen LogP contribution in [0.5, 0.6) is 0 Å². The molecule has 1 aromatic carbocycles. The molecule has 0 unspecified atom stereocenters. The number of carbonyl (C=O) groups is 1. The first-order chi connectivity index (χ1) is 14.4. The molecule has 1 N–H and O–H groups in total. The van der Waals surface area contributed by atoms with Gasteiger partial charge in [0.05, 0.1) is 21.6 Å². The number of rotatable bonds is 2. The summed E-state index contributed by atoms with van der Waals surface area (Å²) in [5, 5.41) is 10.3. The molecule has 6 rings (SSSR count). The third-order valence-corrected chi connectivity index (χ3v) is 5.95. The van der Waals surface area contributed by atoms with E-state index in [1.54, 1.807) is 10.6 Å². The Morgan fingerprint density at radius 2 is 2.07 bits per heavy atom. The molecule has 0 saturated heterocycles. The van der Waals surface area contributed by atoms with E-state index in [9.17, 15) is 14.7 Å². The van der Waals surface area contributed by atoms with Crippen molar-refractivity contribution in [2.24, 2.45) is 4.99 Å². The normalized spacial score (nSPS) is 17.5. The standard InChI is InChI=1S/C21H12ClFN4O3/c22-12-3-1-2-9-14(12)25-20-15(9)24-16-13(23)6-10-18(17(16)26-20)27(8-4-5-8)7-11(19(10)28)21(29)30/h1,3,6-8H,2,4-5H2,(H,29,30). The lowest BCUT2D eigenvalue weighted by Gasteiger charge is -2.13. The zero-order valence-corrected chi connectivity index (χ0v) is 16.1. The van der Waals surface area contributed by atoms with E-state index in [1.807, 2.05) is 6.08 Å². The number of fused-ring (bicyclic) bond motifs is 5. The predicted octanol–water partition coefficient (Wildman–Crippen LogP) is 2.31. The van der Waals surface area contributed by atoms with E-state index in [0.717, 1.165) is 24.5 Å². The number of pyridine rings is 1. The van der Waals surface area contributed by atoms with Gasteiger partial charge in [0.15, 0.2) is 11.3 Å². The lowest BCUT2D eigenvalue weighted by atomic mass is 10.1. The van der Waals surface area contributed by atoms with Gasteiger partial charge in [-0.15, -0.1) is 0 Å². The Morgan fingerprint density at radius 3 is 2.80 bits per heavy atom. The van der Waals surface area contributed by atoms with Crippen molar-refractivity contribution in [3.8, 4) is 0 Å². The van der Waals surface area contributed by atoms with Gasteiger partial charge in [0, 0.05) is 17.8 Å². The molecular weight excluding hydrogens is 411 g/mol. The van der Waals surface area contributed by atoms with Gasteiger partial charge < -0.3 is 9.67 Å². The van der Waals surface area contributed by atoms with Gasteiger partial charge in [-0.05, 0) is 31.4 Å². The van der Waals surface area contributed by atoms with Crippen LogP contribution >= 0.6 is 11.6 Å². The SMILES string of the molecule is O=C(O)c1cn(C2CC2)c2c(cc(F)c3nc4c(nc32)=NC2=C(Cl)C=CCC=42)c1=O. The van der Waals surface area contributed by atoms with Crippen molar-refractivity contribution in [2.75, 3.05) is 0 Å². The molecule has 7 nitrogen and oxygen atoms in total. The fourth-order valence-corrected chi connectivity index (χ4v) is 4.35. The largest absolute Gasteiger partial charge is 0.477 e. The van der Waals surface area contributed by atoms with Gasteiger partial charge in [-0.2, -0.15) is 0 Å². The number of allylic oxidation sites excluding steroid dienone is 4. The number of halogens is 2. The molecule has 9 heteroatoms. The number of aromatic nitrogens is 3. The van der Waals surface area contributed by atoms with Crippen molar-refractivity contribution in [1.82, 2.24) is 14.5 Å². The fraction of sp³-hybridized carbons (Fsp3) is 0.190. The predicted molar refractivity (Wildman–Crippen MR) is 107 cm³/mol.